The fourth-order valence-electron chi connectivity index (χ4n) is 10.4. The smallest absolute Gasteiger partial charge is 0.0540 e. The highest BCUT2D eigenvalue weighted by Crippen LogP contribution is 2.55. The average Bonchev–Trinajstić information content (AvgIpc) is 3.68. The molecule has 0 saturated heterocycles. The van der Waals surface area contributed by atoms with E-state index in [0.717, 1.165) is 17.1 Å². The van der Waals surface area contributed by atoms with Gasteiger partial charge in [-0.1, -0.05) is 190 Å². The van der Waals surface area contributed by atoms with Crippen LogP contribution in [0.4, 0.5) is 17.1 Å². The van der Waals surface area contributed by atoms with Gasteiger partial charge in [0.05, 0.1) is 5.69 Å². The molecule has 1 unspecified atom stereocenters. The van der Waals surface area contributed by atoms with Crippen molar-refractivity contribution in [1.29, 1.82) is 0 Å². The Balaban J connectivity index is 1.06. The Labute approximate surface area is 341 Å². The van der Waals surface area contributed by atoms with Crippen molar-refractivity contribution in [3.05, 3.63) is 234 Å². The Morgan fingerprint density at radius 2 is 0.897 bits per heavy atom. The predicted molar refractivity (Wildman–Crippen MR) is 245 cm³/mol. The summed E-state index contributed by atoms with van der Waals surface area (Å²) in [5.41, 5.74) is 20.1. The van der Waals surface area contributed by atoms with Gasteiger partial charge < -0.3 is 4.90 Å². The van der Waals surface area contributed by atoms with E-state index in [1.807, 2.05) is 0 Å². The molecule has 1 nitrogen and oxygen atoms in total. The first-order chi connectivity index (χ1) is 28.4. The van der Waals surface area contributed by atoms with Gasteiger partial charge in [0.2, 0.25) is 0 Å². The molecular formula is C57H43N. The molecule has 0 heterocycles. The largest absolute Gasteiger partial charge is 0.310 e. The zero-order valence-corrected chi connectivity index (χ0v) is 33.1. The molecule has 2 aliphatic rings. The van der Waals surface area contributed by atoms with Crippen LogP contribution < -0.4 is 4.90 Å². The van der Waals surface area contributed by atoms with Crippen LogP contribution in [0.3, 0.4) is 0 Å². The summed E-state index contributed by atoms with van der Waals surface area (Å²) >= 11 is 0. The standard InChI is InChI=1S/C57H43N/c1-56(2)51-28-13-11-25-47(51)50-27-16-26-49(55(50)56)45-23-10-9-21-43(45)39-31-33-41(34-32-39)58(54-30-15-18-38-17-7-8-22-44(38)54)42-35-36-48-46-24-12-14-29-52(46)57(3,53(48)37-42)40-19-5-4-6-20-40/h4-37H,1-3H3. The molecule has 11 rings (SSSR count). The molecular weight excluding hydrogens is 699 g/mol. The second-order valence-electron chi connectivity index (χ2n) is 16.6. The van der Waals surface area contributed by atoms with Crippen molar-refractivity contribution in [2.24, 2.45) is 0 Å². The summed E-state index contributed by atoms with van der Waals surface area (Å²) in [7, 11) is 0. The fourth-order valence-corrected chi connectivity index (χ4v) is 10.4. The van der Waals surface area contributed by atoms with E-state index in [1.165, 1.54) is 83.1 Å². The molecule has 0 radical (unpaired) electrons. The van der Waals surface area contributed by atoms with Gasteiger partial charge in [0.1, 0.15) is 0 Å². The van der Waals surface area contributed by atoms with E-state index in [4.69, 9.17) is 0 Å². The lowest BCUT2D eigenvalue weighted by Gasteiger charge is -2.31. The zero-order chi connectivity index (χ0) is 39.0. The lowest BCUT2D eigenvalue weighted by molar-refractivity contribution is 0.662. The van der Waals surface area contributed by atoms with Crippen LogP contribution in [0.25, 0.3) is 55.3 Å². The van der Waals surface area contributed by atoms with Crippen molar-refractivity contribution in [3.8, 4) is 44.5 Å². The molecule has 2 aliphatic carbocycles. The van der Waals surface area contributed by atoms with Crippen LogP contribution in [-0.2, 0) is 10.8 Å². The third-order valence-corrected chi connectivity index (χ3v) is 13.1. The Bertz CT molecular complexity index is 3040. The topological polar surface area (TPSA) is 3.24 Å². The number of hydrogen-bond acceptors (Lipinski definition) is 1. The van der Waals surface area contributed by atoms with Crippen LogP contribution in [-0.4, -0.2) is 0 Å². The number of anilines is 3. The molecule has 58 heavy (non-hydrogen) atoms. The number of nitrogens with zero attached hydrogens (tertiary/aromatic N) is 1. The van der Waals surface area contributed by atoms with Crippen LogP contribution in [0.2, 0.25) is 0 Å². The molecule has 1 heteroatoms. The first kappa shape index (κ1) is 34.3. The summed E-state index contributed by atoms with van der Waals surface area (Å²) in [5, 5.41) is 2.44. The van der Waals surface area contributed by atoms with E-state index >= 15 is 0 Å². The molecule has 0 aromatic heterocycles. The fraction of sp³-hybridized carbons (Fsp3) is 0.0877. The first-order valence-electron chi connectivity index (χ1n) is 20.4. The molecule has 0 amide bonds. The average molecular weight is 742 g/mol. The van der Waals surface area contributed by atoms with E-state index in [2.05, 4.69) is 232 Å². The second kappa shape index (κ2) is 13.0. The Kier molecular flexibility index (Phi) is 7.72. The summed E-state index contributed by atoms with van der Waals surface area (Å²) in [4.78, 5) is 2.45. The van der Waals surface area contributed by atoms with E-state index < -0.39 is 0 Å². The third-order valence-electron chi connectivity index (χ3n) is 13.1. The molecule has 0 N–H and O–H groups in total. The molecule has 0 aliphatic heterocycles. The third kappa shape index (κ3) is 5.03. The molecule has 276 valence electrons. The highest BCUT2D eigenvalue weighted by atomic mass is 15.1. The van der Waals surface area contributed by atoms with Crippen LogP contribution in [0.1, 0.15) is 48.6 Å². The molecule has 9 aromatic carbocycles. The van der Waals surface area contributed by atoms with Crippen molar-refractivity contribution in [3.63, 3.8) is 0 Å². The second-order valence-corrected chi connectivity index (χ2v) is 16.6. The van der Waals surface area contributed by atoms with Crippen LogP contribution >= 0.6 is 0 Å². The Morgan fingerprint density at radius 1 is 0.362 bits per heavy atom. The zero-order valence-electron chi connectivity index (χ0n) is 33.1. The van der Waals surface area contributed by atoms with Gasteiger partial charge in [0.15, 0.2) is 0 Å². The highest BCUT2D eigenvalue weighted by molar-refractivity contribution is 6.00. The molecule has 1 atom stereocenters. The van der Waals surface area contributed by atoms with E-state index in [9.17, 15) is 0 Å². The van der Waals surface area contributed by atoms with E-state index in [0.29, 0.717) is 0 Å². The predicted octanol–water partition coefficient (Wildman–Crippen LogP) is 15.3. The summed E-state index contributed by atoms with van der Waals surface area (Å²) in [6.07, 6.45) is 0. The monoisotopic (exact) mass is 741 g/mol. The first-order valence-corrected chi connectivity index (χ1v) is 20.4. The highest BCUT2D eigenvalue weighted by Gasteiger charge is 2.41. The van der Waals surface area contributed by atoms with Crippen molar-refractivity contribution in [2.75, 3.05) is 4.90 Å². The molecule has 0 saturated carbocycles. The summed E-state index contributed by atoms with van der Waals surface area (Å²) in [6, 6.07) is 76.4. The van der Waals surface area contributed by atoms with Gasteiger partial charge in [-0.3, -0.25) is 0 Å². The normalized spacial score (nSPS) is 15.7. The van der Waals surface area contributed by atoms with Crippen LogP contribution in [0.5, 0.6) is 0 Å². The number of hydrogen-bond donors (Lipinski definition) is 0. The number of rotatable bonds is 6. The lowest BCUT2D eigenvalue weighted by atomic mass is 9.74. The Morgan fingerprint density at radius 3 is 1.67 bits per heavy atom. The number of benzene rings is 9. The van der Waals surface area contributed by atoms with E-state index in [-0.39, 0.29) is 10.8 Å². The van der Waals surface area contributed by atoms with Crippen molar-refractivity contribution < 1.29 is 0 Å². The minimum Gasteiger partial charge on any atom is -0.310 e. The van der Waals surface area contributed by atoms with Crippen molar-refractivity contribution in [1.82, 2.24) is 0 Å². The molecule has 0 bridgehead atoms. The molecule has 0 fully saturated rings. The summed E-state index contributed by atoms with van der Waals surface area (Å²) < 4.78 is 0. The summed E-state index contributed by atoms with van der Waals surface area (Å²) in [5.74, 6) is 0. The quantitative estimate of drug-likeness (QED) is 0.164. The van der Waals surface area contributed by atoms with Gasteiger partial charge in [-0.15, -0.1) is 0 Å². The van der Waals surface area contributed by atoms with Gasteiger partial charge in [-0.25, -0.2) is 0 Å². The maximum Gasteiger partial charge on any atom is 0.0540 e. The minimum atomic E-state index is -0.297. The SMILES string of the molecule is CC1(C)c2ccccc2-c2cccc(-c3ccccc3-c3ccc(N(c4ccc5c(c4)C(C)(c4ccccc4)c4ccccc4-5)c4cccc5ccccc45)cc3)c21. The van der Waals surface area contributed by atoms with Gasteiger partial charge >= 0.3 is 0 Å². The Hall–Kier alpha value is -6.96. The summed E-state index contributed by atoms with van der Waals surface area (Å²) in [6.45, 7) is 7.15. The maximum absolute atomic E-state index is 2.45. The van der Waals surface area contributed by atoms with Gasteiger partial charge in [-0.05, 0) is 115 Å². The van der Waals surface area contributed by atoms with Crippen LogP contribution in [0.15, 0.2) is 206 Å². The maximum atomic E-state index is 2.45. The van der Waals surface area contributed by atoms with Gasteiger partial charge in [-0.2, -0.15) is 0 Å². The molecule has 9 aromatic rings. The van der Waals surface area contributed by atoms with E-state index in [1.54, 1.807) is 0 Å². The van der Waals surface area contributed by atoms with Gasteiger partial charge in [0.25, 0.3) is 0 Å². The lowest BCUT2D eigenvalue weighted by Crippen LogP contribution is -2.22. The van der Waals surface area contributed by atoms with Crippen LogP contribution in [0, 0.1) is 0 Å². The minimum absolute atomic E-state index is 0.105. The van der Waals surface area contributed by atoms with Crippen molar-refractivity contribution >= 4 is 27.8 Å². The van der Waals surface area contributed by atoms with Crippen molar-refractivity contribution in [2.45, 2.75) is 31.6 Å². The van der Waals surface area contributed by atoms with Gasteiger partial charge in [0, 0.05) is 27.6 Å². The molecule has 0 spiro atoms. The number of fused-ring (bicyclic) bond motifs is 7.